The van der Waals surface area contributed by atoms with Crippen molar-refractivity contribution in [2.75, 3.05) is 11.9 Å². The van der Waals surface area contributed by atoms with E-state index in [-0.39, 0.29) is 17.9 Å². The zero-order chi connectivity index (χ0) is 16.1. The fourth-order valence-corrected chi connectivity index (χ4v) is 2.38. The van der Waals surface area contributed by atoms with Gasteiger partial charge in [-0.1, -0.05) is 23.7 Å². The van der Waals surface area contributed by atoms with Gasteiger partial charge < -0.3 is 15.2 Å². The number of benzene rings is 2. The average Bonchev–Trinajstić information content (AvgIpc) is 2.48. The first-order valence-electron chi connectivity index (χ1n) is 6.17. The van der Waals surface area contributed by atoms with Crippen LogP contribution in [0.4, 0.5) is 5.69 Å². The van der Waals surface area contributed by atoms with Crippen LogP contribution in [0, 0.1) is 3.57 Å². The van der Waals surface area contributed by atoms with E-state index in [9.17, 15) is 9.59 Å². The number of carboxylic acid groups (broad SMARTS) is 1. The van der Waals surface area contributed by atoms with Gasteiger partial charge in [-0.05, 0) is 52.9 Å². The molecule has 0 spiro atoms. The lowest BCUT2D eigenvalue weighted by molar-refractivity contribution is -0.118. The molecule has 0 aliphatic carbocycles. The first-order chi connectivity index (χ1) is 10.5. The summed E-state index contributed by atoms with van der Waals surface area (Å²) in [6.45, 7) is -0.269. The molecule has 114 valence electrons. The molecule has 0 atom stereocenters. The molecule has 0 aliphatic rings. The third-order valence-electron chi connectivity index (χ3n) is 2.68. The number of hydrogen-bond acceptors (Lipinski definition) is 3. The highest BCUT2D eigenvalue weighted by molar-refractivity contribution is 14.1. The third-order valence-corrected chi connectivity index (χ3v) is 3.66. The lowest BCUT2D eigenvalue weighted by atomic mass is 10.2. The van der Waals surface area contributed by atoms with Crippen molar-refractivity contribution >= 4 is 51.8 Å². The van der Waals surface area contributed by atoms with Crippen LogP contribution in [0.5, 0.6) is 5.75 Å². The molecule has 0 aromatic heterocycles. The van der Waals surface area contributed by atoms with Crippen molar-refractivity contribution in [3.05, 3.63) is 56.6 Å². The van der Waals surface area contributed by atoms with Crippen LogP contribution in [-0.2, 0) is 4.79 Å². The molecular weight excluding hydrogens is 421 g/mol. The van der Waals surface area contributed by atoms with E-state index in [1.54, 1.807) is 36.4 Å². The number of ether oxygens (including phenoxy) is 1. The first-order valence-corrected chi connectivity index (χ1v) is 7.63. The minimum Gasteiger partial charge on any atom is -0.482 e. The highest BCUT2D eigenvalue weighted by atomic mass is 127. The number of nitrogens with one attached hydrogen (secondary N) is 1. The molecule has 7 heteroatoms. The topological polar surface area (TPSA) is 75.6 Å². The predicted octanol–water partition coefficient (Wildman–Crippen LogP) is 3.66. The average molecular weight is 432 g/mol. The van der Waals surface area contributed by atoms with Crippen LogP contribution in [0.1, 0.15) is 10.4 Å². The molecule has 0 aliphatic heterocycles. The quantitative estimate of drug-likeness (QED) is 0.709. The Balaban J connectivity index is 2.04. The number of anilines is 1. The number of rotatable bonds is 5. The monoisotopic (exact) mass is 431 g/mol. The van der Waals surface area contributed by atoms with Gasteiger partial charge in [0.05, 0.1) is 16.3 Å². The molecule has 2 N–H and O–H groups in total. The van der Waals surface area contributed by atoms with Crippen molar-refractivity contribution in [2.24, 2.45) is 0 Å². The summed E-state index contributed by atoms with van der Waals surface area (Å²) in [4.78, 5) is 23.1. The standard InChI is InChI=1S/C15H11ClINO4/c16-11-3-1-2-4-13(11)22-8-14(19)18-12-6-5-9(17)7-10(12)15(20)21/h1-7H,8H2,(H,18,19)(H,20,21). The van der Waals surface area contributed by atoms with Gasteiger partial charge in [0.25, 0.3) is 5.91 Å². The highest BCUT2D eigenvalue weighted by Gasteiger charge is 2.13. The number of carboxylic acids is 1. The molecule has 2 aromatic carbocycles. The molecule has 5 nitrogen and oxygen atoms in total. The van der Waals surface area contributed by atoms with Crippen molar-refractivity contribution in [1.29, 1.82) is 0 Å². The molecule has 0 bridgehead atoms. The van der Waals surface area contributed by atoms with Crippen LogP contribution < -0.4 is 10.1 Å². The maximum atomic E-state index is 11.9. The Morgan fingerprint density at radius 2 is 1.95 bits per heavy atom. The Morgan fingerprint density at radius 1 is 1.23 bits per heavy atom. The second-order valence-corrected chi connectivity index (χ2v) is 5.92. The van der Waals surface area contributed by atoms with Crippen LogP contribution >= 0.6 is 34.2 Å². The van der Waals surface area contributed by atoms with Crippen LogP contribution in [0.15, 0.2) is 42.5 Å². The number of carbonyl (C=O) groups excluding carboxylic acids is 1. The number of halogens is 2. The second-order valence-electron chi connectivity index (χ2n) is 4.26. The van der Waals surface area contributed by atoms with Crippen molar-refractivity contribution in [3.8, 4) is 5.75 Å². The van der Waals surface area contributed by atoms with E-state index in [2.05, 4.69) is 5.32 Å². The zero-order valence-electron chi connectivity index (χ0n) is 11.2. The van der Waals surface area contributed by atoms with Gasteiger partial charge in [0.1, 0.15) is 5.75 Å². The molecule has 0 unspecified atom stereocenters. The van der Waals surface area contributed by atoms with E-state index in [0.717, 1.165) is 3.57 Å². The second kappa shape index (κ2) is 7.46. The number of para-hydroxylation sites is 1. The van der Waals surface area contributed by atoms with Gasteiger partial charge in [0.2, 0.25) is 0 Å². The number of amides is 1. The summed E-state index contributed by atoms with van der Waals surface area (Å²) in [6.07, 6.45) is 0. The van der Waals surface area contributed by atoms with Gasteiger partial charge in [-0.15, -0.1) is 0 Å². The van der Waals surface area contributed by atoms with E-state index < -0.39 is 11.9 Å². The largest absolute Gasteiger partial charge is 0.482 e. The fraction of sp³-hybridized carbons (Fsp3) is 0.0667. The van der Waals surface area contributed by atoms with Crippen molar-refractivity contribution in [3.63, 3.8) is 0 Å². The Morgan fingerprint density at radius 3 is 2.64 bits per heavy atom. The summed E-state index contributed by atoms with van der Waals surface area (Å²) in [5.41, 5.74) is 0.249. The number of hydrogen-bond donors (Lipinski definition) is 2. The van der Waals surface area contributed by atoms with Crippen molar-refractivity contribution < 1.29 is 19.4 Å². The highest BCUT2D eigenvalue weighted by Crippen LogP contribution is 2.23. The summed E-state index contributed by atoms with van der Waals surface area (Å²) in [7, 11) is 0. The molecule has 22 heavy (non-hydrogen) atoms. The Kier molecular flexibility index (Phi) is 5.62. The van der Waals surface area contributed by atoms with Crippen LogP contribution in [0.2, 0.25) is 5.02 Å². The maximum Gasteiger partial charge on any atom is 0.337 e. The molecule has 0 heterocycles. The van der Waals surface area contributed by atoms with Gasteiger partial charge in [0.15, 0.2) is 6.61 Å². The first kappa shape index (κ1) is 16.6. The smallest absolute Gasteiger partial charge is 0.337 e. The number of carbonyl (C=O) groups is 2. The van der Waals surface area contributed by atoms with E-state index in [1.165, 1.54) is 6.07 Å². The normalized spacial score (nSPS) is 10.1. The van der Waals surface area contributed by atoms with E-state index >= 15 is 0 Å². The predicted molar refractivity (Wildman–Crippen MR) is 91.7 cm³/mol. The third kappa shape index (κ3) is 4.35. The Bertz CT molecular complexity index is 720. The van der Waals surface area contributed by atoms with Crippen molar-refractivity contribution in [2.45, 2.75) is 0 Å². The van der Waals surface area contributed by atoms with Crippen molar-refractivity contribution in [1.82, 2.24) is 0 Å². The van der Waals surface area contributed by atoms with Crippen LogP contribution in [0.3, 0.4) is 0 Å². The van der Waals surface area contributed by atoms with Crippen LogP contribution in [-0.4, -0.2) is 23.6 Å². The molecule has 0 radical (unpaired) electrons. The Hall–Kier alpha value is -1.80. The Labute approximate surface area is 145 Å². The van der Waals surface area contributed by atoms with Gasteiger partial charge in [-0.25, -0.2) is 4.79 Å². The maximum absolute atomic E-state index is 11.9. The minimum absolute atomic E-state index is 0.0259. The molecule has 0 saturated carbocycles. The zero-order valence-corrected chi connectivity index (χ0v) is 14.1. The molecule has 2 aromatic rings. The molecule has 0 saturated heterocycles. The summed E-state index contributed by atoms with van der Waals surface area (Å²) in [5, 5.41) is 12.1. The lowest BCUT2D eigenvalue weighted by Crippen LogP contribution is -2.21. The van der Waals surface area contributed by atoms with E-state index in [1.807, 2.05) is 22.6 Å². The molecule has 1 amide bonds. The van der Waals surface area contributed by atoms with E-state index in [0.29, 0.717) is 10.8 Å². The lowest BCUT2D eigenvalue weighted by Gasteiger charge is -2.10. The molecule has 0 fully saturated rings. The molecular formula is C15H11ClINO4. The summed E-state index contributed by atoms with van der Waals surface area (Å²) < 4.78 is 6.07. The fourth-order valence-electron chi connectivity index (χ4n) is 1.69. The van der Waals surface area contributed by atoms with Gasteiger partial charge in [-0.2, -0.15) is 0 Å². The minimum atomic E-state index is -1.11. The van der Waals surface area contributed by atoms with Gasteiger partial charge in [0, 0.05) is 3.57 Å². The van der Waals surface area contributed by atoms with Gasteiger partial charge >= 0.3 is 5.97 Å². The summed E-state index contributed by atoms with van der Waals surface area (Å²) in [5.74, 6) is -1.19. The van der Waals surface area contributed by atoms with E-state index in [4.69, 9.17) is 21.4 Å². The van der Waals surface area contributed by atoms with Gasteiger partial charge in [-0.3, -0.25) is 4.79 Å². The SMILES string of the molecule is O=C(COc1ccccc1Cl)Nc1ccc(I)cc1C(=O)O. The number of aromatic carboxylic acids is 1. The summed E-state index contributed by atoms with van der Waals surface area (Å²) >= 11 is 7.92. The molecule has 2 rings (SSSR count). The summed E-state index contributed by atoms with van der Waals surface area (Å²) in [6, 6.07) is 11.5. The van der Waals surface area contributed by atoms with Crippen LogP contribution in [0.25, 0.3) is 0 Å².